The zero-order valence-electron chi connectivity index (χ0n) is 12.4. The Morgan fingerprint density at radius 1 is 0.667 bits per heavy atom. The second-order valence-corrected chi connectivity index (χ2v) is 17.7. The standard InChI is InChI=1S/C5H12Cl2P2.C5H14P2.2Pd/c1-8(2)5(6,7)9(3)4;1-6(2)5-7(3)4;;/h1-4H3;5H2,1-4H3;;. The van der Waals surface area contributed by atoms with Gasteiger partial charge in [-0.25, -0.2) is 0 Å². The monoisotopic (exact) mass is 552 g/mol. The molecule has 0 aliphatic carbocycles. The summed E-state index contributed by atoms with van der Waals surface area (Å²) in [6, 6.07) is 0. The van der Waals surface area contributed by atoms with E-state index in [0.29, 0.717) is 15.8 Å². The molecular weight excluding hydrogens is 528 g/mol. The first-order chi connectivity index (χ1) is 7.01. The number of halogens is 2. The molecule has 0 saturated carbocycles. The molecule has 0 aromatic heterocycles. The minimum Gasteiger partial charge on any atom is -0.109 e. The Hall–Kier alpha value is 3.62. The van der Waals surface area contributed by atoms with Gasteiger partial charge in [-0.05, 0) is 59.2 Å². The van der Waals surface area contributed by atoms with Gasteiger partial charge in [0.25, 0.3) is 0 Å². The Labute approximate surface area is 157 Å². The summed E-state index contributed by atoms with van der Waals surface area (Å²) in [5, 5.41) is 0. The van der Waals surface area contributed by atoms with Gasteiger partial charge in [0.15, 0.2) is 3.82 Å². The van der Waals surface area contributed by atoms with Crippen molar-refractivity contribution in [1.82, 2.24) is 0 Å². The summed E-state index contributed by atoms with van der Waals surface area (Å²) in [6.07, 6.45) is 0. The molecule has 0 heterocycles. The van der Waals surface area contributed by atoms with Crippen LogP contribution in [0.1, 0.15) is 0 Å². The van der Waals surface area contributed by atoms with Crippen LogP contribution >= 0.6 is 54.9 Å². The molecule has 120 valence electrons. The van der Waals surface area contributed by atoms with Crippen LogP contribution in [-0.2, 0) is 40.8 Å². The smallest absolute Gasteiger partial charge is 0.109 e. The molecule has 0 bridgehead atoms. The summed E-state index contributed by atoms with van der Waals surface area (Å²) in [7, 11) is 0.331. The molecular formula is C10H26Cl2P4Pd2. The molecule has 18 heavy (non-hydrogen) atoms. The fourth-order valence-electron chi connectivity index (χ4n) is 0.966. The van der Waals surface area contributed by atoms with E-state index >= 15 is 0 Å². The molecule has 0 aliphatic heterocycles. The summed E-state index contributed by atoms with van der Waals surface area (Å²) in [5.74, 6) is 1.49. The van der Waals surface area contributed by atoms with Crippen molar-refractivity contribution in [3.63, 3.8) is 0 Å². The molecule has 0 aliphatic rings. The van der Waals surface area contributed by atoms with Gasteiger partial charge in [-0.1, -0.05) is 39.0 Å². The van der Waals surface area contributed by atoms with Gasteiger partial charge >= 0.3 is 0 Å². The van der Waals surface area contributed by atoms with Crippen LogP contribution < -0.4 is 0 Å². The fraction of sp³-hybridized carbons (Fsp3) is 1.00. The van der Waals surface area contributed by atoms with E-state index in [-0.39, 0.29) is 56.7 Å². The number of rotatable bonds is 4. The average molecular weight is 554 g/mol. The zero-order valence-corrected chi connectivity index (χ0v) is 20.6. The molecule has 0 nitrogen and oxygen atoms in total. The van der Waals surface area contributed by atoms with Gasteiger partial charge in [0, 0.05) is 40.8 Å². The number of hydrogen-bond acceptors (Lipinski definition) is 0. The fourth-order valence-corrected chi connectivity index (χ4v) is 8.69. The summed E-state index contributed by atoms with van der Waals surface area (Å²) < 4.78 is -0.426. The van der Waals surface area contributed by atoms with Gasteiger partial charge < -0.3 is 0 Å². The van der Waals surface area contributed by atoms with Crippen molar-refractivity contribution < 1.29 is 40.8 Å². The van der Waals surface area contributed by atoms with Crippen molar-refractivity contribution in [3.8, 4) is 0 Å². The van der Waals surface area contributed by atoms with Crippen molar-refractivity contribution in [1.29, 1.82) is 0 Å². The Bertz CT molecular complexity index is 163. The third-order valence-electron chi connectivity index (χ3n) is 1.64. The molecule has 0 spiro atoms. The molecule has 0 saturated heterocycles. The maximum absolute atomic E-state index is 6.03. The molecule has 0 unspecified atom stereocenters. The summed E-state index contributed by atoms with van der Waals surface area (Å²) >= 11 is 12.1. The second-order valence-electron chi connectivity index (χ2n) is 4.60. The Balaban J connectivity index is -0.000000100. The van der Waals surface area contributed by atoms with Crippen molar-refractivity contribution in [2.75, 3.05) is 59.2 Å². The molecule has 8 heteroatoms. The van der Waals surface area contributed by atoms with E-state index in [9.17, 15) is 0 Å². The molecule has 0 aromatic carbocycles. The van der Waals surface area contributed by atoms with Crippen molar-refractivity contribution >= 4 is 54.9 Å². The van der Waals surface area contributed by atoms with Crippen LogP contribution in [0.5, 0.6) is 0 Å². The second kappa shape index (κ2) is 15.5. The number of hydrogen-bond donors (Lipinski definition) is 0. The van der Waals surface area contributed by atoms with Crippen molar-refractivity contribution in [2.24, 2.45) is 0 Å². The minimum absolute atomic E-state index is 0. The van der Waals surface area contributed by atoms with E-state index in [1.54, 1.807) is 0 Å². The van der Waals surface area contributed by atoms with Crippen molar-refractivity contribution in [2.45, 2.75) is 3.82 Å². The average Bonchev–Trinajstić information content (AvgIpc) is 2.01. The van der Waals surface area contributed by atoms with Gasteiger partial charge in [0.05, 0.1) is 0 Å². The first-order valence-electron chi connectivity index (χ1n) is 5.04. The van der Waals surface area contributed by atoms with Crippen LogP contribution in [0, 0.1) is 0 Å². The van der Waals surface area contributed by atoms with E-state index in [1.165, 1.54) is 5.90 Å². The maximum Gasteiger partial charge on any atom is 0.153 e. The Morgan fingerprint density at radius 2 is 0.889 bits per heavy atom. The molecule has 0 radical (unpaired) electrons. The Morgan fingerprint density at radius 3 is 0.889 bits per heavy atom. The van der Waals surface area contributed by atoms with Gasteiger partial charge in [-0.15, -0.1) is 15.8 Å². The molecule has 0 rings (SSSR count). The van der Waals surface area contributed by atoms with Crippen molar-refractivity contribution in [3.05, 3.63) is 0 Å². The summed E-state index contributed by atoms with van der Waals surface area (Å²) in [6.45, 7) is 17.8. The predicted octanol–water partition coefficient (Wildman–Crippen LogP) is 5.98. The molecule has 0 aromatic rings. The van der Waals surface area contributed by atoms with Crippen LogP contribution in [0.4, 0.5) is 0 Å². The summed E-state index contributed by atoms with van der Waals surface area (Å²) in [5.41, 5.74) is 0. The quantitative estimate of drug-likeness (QED) is 0.228. The zero-order chi connectivity index (χ0) is 13.5. The van der Waals surface area contributed by atoms with Crippen LogP contribution in [0.3, 0.4) is 0 Å². The molecule has 0 fully saturated rings. The van der Waals surface area contributed by atoms with Gasteiger partial charge in [0.2, 0.25) is 0 Å². The third-order valence-corrected chi connectivity index (χ3v) is 14.8. The Kier molecular flexibility index (Phi) is 25.5. The van der Waals surface area contributed by atoms with Gasteiger partial charge in [0.1, 0.15) is 0 Å². The normalized spacial score (nSPS) is 11.0. The number of alkyl halides is 2. The van der Waals surface area contributed by atoms with Gasteiger partial charge in [-0.3, -0.25) is 0 Å². The third kappa shape index (κ3) is 17.7. The van der Waals surface area contributed by atoms with E-state index in [4.69, 9.17) is 23.2 Å². The van der Waals surface area contributed by atoms with Crippen LogP contribution in [0.25, 0.3) is 0 Å². The van der Waals surface area contributed by atoms with Gasteiger partial charge in [-0.2, -0.15) is 0 Å². The summed E-state index contributed by atoms with van der Waals surface area (Å²) in [4.78, 5) is 0. The van der Waals surface area contributed by atoms with E-state index in [1.807, 2.05) is 0 Å². The molecule has 0 amide bonds. The van der Waals surface area contributed by atoms with Crippen LogP contribution in [-0.4, -0.2) is 63.0 Å². The minimum atomic E-state index is -0.426. The SMILES string of the molecule is CP(C)C(Cl)(Cl)P(C)C.CP(C)CP(C)C.[Pd].[Pd]. The predicted molar refractivity (Wildman–Crippen MR) is 94.4 cm³/mol. The first kappa shape index (κ1) is 29.6. The van der Waals surface area contributed by atoms with Crippen LogP contribution in [0.15, 0.2) is 0 Å². The van der Waals surface area contributed by atoms with E-state index in [2.05, 4.69) is 53.3 Å². The van der Waals surface area contributed by atoms with E-state index < -0.39 is 3.82 Å². The largest absolute Gasteiger partial charge is 0.153 e. The maximum atomic E-state index is 6.03. The van der Waals surface area contributed by atoms with E-state index in [0.717, 1.165) is 0 Å². The molecule has 0 atom stereocenters. The van der Waals surface area contributed by atoms with Crippen LogP contribution in [0.2, 0.25) is 0 Å². The molecule has 0 N–H and O–H groups in total. The topological polar surface area (TPSA) is 0 Å². The first-order valence-corrected chi connectivity index (χ1v) is 15.1.